The minimum atomic E-state index is -0.982. The molecule has 2 heterocycles. The summed E-state index contributed by atoms with van der Waals surface area (Å²) in [5.74, 6) is -2.50. The van der Waals surface area contributed by atoms with Gasteiger partial charge in [-0.3, -0.25) is 9.59 Å². The summed E-state index contributed by atoms with van der Waals surface area (Å²) in [6.45, 7) is 1.47. The standard InChI is InChI=1S/C24H23ClF2N2O3/c25-20-7-14(12-30)1-2-15(20)11-29(17-3-4-17)23(31)19-10-28-6-5-24(19)18-9-22(27)21(26)8-16(18)13-32-24/h1-2,7-9,12,17,19,28H,3-6,10-11,13H2/t19?,24-/m0/s1. The highest BCUT2D eigenvalue weighted by molar-refractivity contribution is 6.31. The summed E-state index contributed by atoms with van der Waals surface area (Å²) in [6, 6.07) is 7.52. The van der Waals surface area contributed by atoms with Crippen molar-refractivity contribution in [2.45, 2.75) is 44.1 Å². The van der Waals surface area contributed by atoms with Crippen molar-refractivity contribution < 1.29 is 23.1 Å². The van der Waals surface area contributed by atoms with Gasteiger partial charge < -0.3 is 15.0 Å². The summed E-state index contributed by atoms with van der Waals surface area (Å²) in [7, 11) is 0. The van der Waals surface area contributed by atoms with Gasteiger partial charge in [0.05, 0.1) is 12.5 Å². The number of fused-ring (bicyclic) bond motifs is 2. The number of carbonyl (C=O) groups is 2. The number of benzene rings is 2. The summed E-state index contributed by atoms with van der Waals surface area (Å²) in [4.78, 5) is 26.7. The molecule has 1 N–H and O–H groups in total. The maximum absolute atomic E-state index is 14.1. The van der Waals surface area contributed by atoms with Gasteiger partial charge in [0.1, 0.15) is 11.9 Å². The maximum atomic E-state index is 14.1. The van der Waals surface area contributed by atoms with Gasteiger partial charge in [-0.2, -0.15) is 0 Å². The molecular weight excluding hydrogens is 438 g/mol. The van der Waals surface area contributed by atoms with Crippen molar-refractivity contribution in [3.8, 4) is 0 Å². The molecule has 5 nitrogen and oxygen atoms in total. The second-order valence-corrected chi connectivity index (χ2v) is 9.18. The van der Waals surface area contributed by atoms with Crippen LogP contribution in [-0.4, -0.2) is 36.2 Å². The van der Waals surface area contributed by atoms with Crippen molar-refractivity contribution in [2.75, 3.05) is 13.1 Å². The van der Waals surface area contributed by atoms with E-state index in [2.05, 4.69) is 5.32 Å². The van der Waals surface area contributed by atoms with Gasteiger partial charge in [-0.15, -0.1) is 0 Å². The summed E-state index contributed by atoms with van der Waals surface area (Å²) in [5, 5.41) is 3.70. The Morgan fingerprint density at radius 2 is 2.03 bits per heavy atom. The Morgan fingerprint density at radius 1 is 1.25 bits per heavy atom. The first kappa shape index (κ1) is 21.5. The van der Waals surface area contributed by atoms with Crippen LogP contribution in [0.3, 0.4) is 0 Å². The SMILES string of the molecule is O=Cc1ccc(CN(C(=O)C2CNCC[C@@]23OCc2cc(F)c(F)cc23)C2CC2)c(Cl)c1. The summed E-state index contributed by atoms with van der Waals surface area (Å²) >= 11 is 6.38. The number of piperidine rings is 1. The van der Waals surface area contributed by atoms with Gasteiger partial charge in [-0.05, 0) is 60.7 Å². The van der Waals surface area contributed by atoms with E-state index < -0.39 is 23.2 Å². The van der Waals surface area contributed by atoms with Crippen molar-refractivity contribution >= 4 is 23.8 Å². The topological polar surface area (TPSA) is 58.6 Å². The van der Waals surface area contributed by atoms with Crippen molar-refractivity contribution in [1.29, 1.82) is 0 Å². The molecule has 1 unspecified atom stereocenters. The number of ether oxygens (including phenoxy) is 1. The lowest BCUT2D eigenvalue weighted by molar-refractivity contribution is -0.157. The number of amides is 1. The van der Waals surface area contributed by atoms with Crippen LogP contribution >= 0.6 is 11.6 Å². The highest BCUT2D eigenvalue weighted by Gasteiger charge is 2.53. The highest BCUT2D eigenvalue weighted by Crippen LogP contribution is 2.48. The van der Waals surface area contributed by atoms with E-state index >= 15 is 0 Å². The van der Waals surface area contributed by atoms with Crippen LogP contribution in [0.5, 0.6) is 0 Å². The predicted octanol–water partition coefficient (Wildman–Crippen LogP) is 3.96. The lowest BCUT2D eigenvalue weighted by Gasteiger charge is -2.43. The van der Waals surface area contributed by atoms with Crippen molar-refractivity contribution in [3.63, 3.8) is 0 Å². The molecule has 0 radical (unpaired) electrons. The average molecular weight is 461 g/mol. The first-order valence-corrected chi connectivity index (χ1v) is 11.2. The van der Waals surface area contributed by atoms with Crippen LogP contribution in [0.1, 0.15) is 46.3 Å². The van der Waals surface area contributed by atoms with Crippen molar-refractivity contribution in [1.82, 2.24) is 10.2 Å². The molecule has 1 saturated carbocycles. The molecule has 2 aromatic carbocycles. The van der Waals surface area contributed by atoms with Gasteiger partial charge in [0.25, 0.3) is 0 Å². The van der Waals surface area contributed by atoms with Crippen LogP contribution in [0.25, 0.3) is 0 Å². The molecule has 0 bridgehead atoms. The van der Waals surface area contributed by atoms with E-state index in [0.717, 1.165) is 24.7 Å². The molecule has 2 aromatic rings. The number of hydrogen-bond acceptors (Lipinski definition) is 4. The Balaban J connectivity index is 1.48. The largest absolute Gasteiger partial charge is 0.365 e. The predicted molar refractivity (Wildman–Crippen MR) is 114 cm³/mol. The first-order valence-electron chi connectivity index (χ1n) is 10.8. The third kappa shape index (κ3) is 3.62. The number of nitrogens with zero attached hydrogens (tertiary/aromatic N) is 1. The summed E-state index contributed by atoms with van der Waals surface area (Å²) in [6.07, 6.45) is 3.03. The molecule has 1 saturated heterocycles. The summed E-state index contributed by atoms with van der Waals surface area (Å²) in [5.41, 5.74) is 1.42. The molecule has 3 aliphatic rings. The summed E-state index contributed by atoms with van der Waals surface area (Å²) < 4.78 is 34.1. The molecule has 2 aliphatic heterocycles. The minimum absolute atomic E-state index is 0.0900. The van der Waals surface area contributed by atoms with E-state index in [1.54, 1.807) is 18.2 Å². The fourth-order valence-electron chi connectivity index (χ4n) is 4.95. The van der Waals surface area contributed by atoms with Gasteiger partial charge in [0.15, 0.2) is 11.6 Å². The molecule has 2 fully saturated rings. The van der Waals surface area contributed by atoms with Gasteiger partial charge >= 0.3 is 0 Å². The maximum Gasteiger partial charge on any atom is 0.230 e. The van der Waals surface area contributed by atoms with Crippen LogP contribution in [0.15, 0.2) is 30.3 Å². The van der Waals surface area contributed by atoms with Gasteiger partial charge in [-0.1, -0.05) is 23.7 Å². The minimum Gasteiger partial charge on any atom is -0.365 e. The third-order valence-electron chi connectivity index (χ3n) is 6.79. The fourth-order valence-corrected chi connectivity index (χ4v) is 5.20. The monoisotopic (exact) mass is 460 g/mol. The van der Waals surface area contributed by atoms with Crippen LogP contribution in [0, 0.1) is 17.6 Å². The van der Waals surface area contributed by atoms with Crippen LogP contribution < -0.4 is 5.32 Å². The zero-order valence-electron chi connectivity index (χ0n) is 17.4. The lowest BCUT2D eigenvalue weighted by atomic mass is 9.75. The molecular formula is C24H23ClF2N2O3. The zero-order chi connectivity index (χ0) is 22.5. The Kier molecular flexibility index (Phi) is 5.51. The van der Waals surface area contributed by atoms with E-state index in [1.807, 2.05) is 4.90 Å². The van der Waals surface area contributed by atoms with E-state index in [9.17, 15) is 18.4 Å². The Labute approximate surface area is 189 Å². The number of rotatable bonds is 5. The van der Waals surface area contributed by atoms with Crippen molar-refractivity contribution in [2.24, 2.45) is 5.92 Å². The molecule has 8 heteroatoms. The number of hydrogen-bond donors (Lipinski definition) is 1. The first-order chi connectivity index (χ1) is 15.4. The third-order valence-corrected chi connectivity index (χ3v) is 7.15. The van der Waals surface area contributed by atoms with E-state index in [-0.39, 0.29) is 18.6 Å². The van der Waals surface area contributed by atoms with E-state index in [0.29, 0.717) is 47.8 Å². The molecule has 1 amide bonds. The zero-order valence-corrected chi connectivity index (χ0v) is 18.1. The second kappa shape index (κ2) is 8.21. The van der Waals surface area contributed by atoms with E-state index in [1.165, 1.54) is 12.1 Å². The van der Waals surface area contributed by atoms with Gasteiger partial charge in [0, 0.05) is 29.7 Å². The normalized spacial score (nSPS) is 24.4. The van der Waals surface area contributed by atoms with Gasteiger partial charge in [0.2, 0.25) is 5.91 Å². The number of nitrogens with one attached hydrogen (secondary N) is 1. The van der Waals surface area contributed by atoms with Crippen LogP contribution in [0.4, 0.5) is 8.78 Å². The Bertz CT molecular complexity index is 1090. The number of halogens is 3. The number of aldehydes is 1. The number of carbonyl (C=O) groups excluding carboxylic acids is 2. The average Bonchev–Trinajstić information content (AvgIpc) is 3.58. The van der Waals surface area contributed by atoms with Crippen molar-refractivity contribution in [3.05, 3.63) is 69.2 Å². The lowest BCUT2D eigenvalue weighted by Crippen LogP contribution is -2.55. The molecule has 0 aromatic heterocycles. The Morgan fingerprint density at radius 3 is 2.75 bits per heavy atom. The fraction of sp³-hybridized carbons (Fsp3) is 0.417. The molecule has 1 aliphatic carbocycles. The van der Waals surface area contributed by atoms with E-state index in [4.69, 9.17) is 16.3 Å². The van der Waals surface area contributed by atoms with Gasteiger partial charge in [-0.25, -0.2) is 8.78 Å². The quantitative estimate of drug-likeness (QED) is 0.686. The Hall–Kier alpha value is -2.35. The molecule has 32 heavy (non-hydrogen) atoms. The molecule has 2 atom stereocenters. The smallest absolute Gasteiger partial charge is 0.230 e. The second-order valence-electron chi connectivity index (χ2n) is 8.77. The van der Waals surface area contributed by atoms with Crippen LogP contribution in [-0.2, 0) is 28.3 Å². The highest BCUT2D eigenvalue weighted by atomic mass is 35.5. The molecule has 1 spiro atoms. The molecule has 5 rings (SSSR count). The molecule has 168 valence electrons. The van der Waals surface area contributed by atoms with Crippen LogP contribution in [0.2, 0.25) is 5.02 Å².